The number of aromatic nitrogens is 1. The van der Waals surface area contributed by atoms with E-state index in [4.69, 9.17) is 69.6 Å². The molecule has 0 unspecified atom stereocenters. The third kappa shape index (κ3) is 3.62. The maximum Gasteiger partial charge on any atom is 0.101 e. The number of pyridine rings is 1. The molecule has 0 saturated carbocycles. The van der Waals surface area contributed by atoms with E-state index in [0.717, 1.165) is 0 Å². The first-order valence-electron chi connectivity index (χ1n) is 7.01. The second-order valence-electron chi connectivity index (χ2n) is 5.21. The van der Waals surface area contributed by atoms with Gasteiger partial charge in [0.2, 0.25) is 0 Å². The largest absolute Gasteiger partial charge is 0.263 e. The van der Waals surface area contributed by atoms with E-state index in [1.54, 1.807) is 24.3 Å². The highest BCUT2D eigenvalue weighted by molar-refractivity contribution is 6.43. The van der Waals surface area contributed by atoms with Gasteiger partial charge in [-0.05, 0) is 24.3 Å². The lowest BCUT2D eigenvalue weighted by Crippen LogP contribution is -1.95. The van der Waals surface area contributed by atoms with Gasteiger partial charge in [0.05, 0.1) is 25.7 Å². The molecule has 0 radical (unpaired) electrons. The fourth-order valence-electron chi connectivity index (χ4n) is 2.56. The van der Waals surface area contributed by atoms with Crippen LogP contribution in [0.4, 0.5) is 0 Å². The van der Waals surface area contributed by atoms with E-state index < -0.39 is 0 Å². The zero-order chi connectivity index (χ0) is 19.0. The van der Waals surface area contributed by atoms with E-state index >= 15 is 0 Å². The second-order valence-corrected chi connectivity index (χ2v) is 7.71. The predicted octanol–water partition coefficient (Wildman–Crippen LogP) is 8.21. The summed E-state index contributed by atoms with van der Waals surface area (Å²) < 4.78 is 0. The number of hydrogen-bond acceptors (Lipinski definition) is 2. The Morgan fingerprint density at radius 1 is 0.654 bits per heavy atom. The van der Waals surface area contributed by atoms with Crippen LogP contribution < -0.4 is 0 Å². The highest BCUT2D eigenvalue weighted by atomic mass is 35.5. The number of benzene rings is 2. The third-order valence-corrected chi connectivity index (χ3v) is 5.24. The molecule has 0 aliphatic rings. The molecule has 2 nitrogen and oxygen atoms in total. The normalized spacial score (nSPS) is 10.7. The minimum atomic E-state index is 0.275. The molecule has 0 spiro atoms. The molecule has 0 amide bonds. The van der Waals surface area contributed by atoms with Crippen molar-refractivity contribution < 1.29 is 0 Å². The number of hydrogen-bond donors (Lipinski definition) is 0. The van der Waals surface area contributed by atoms with Crippen LogP contribution in [0.1, 0.15) is 5.56 Å². The molecule has 1 heterocycles. The lowest BCUT2D eigenvalue weighted by atomic mass is 9.95. The molecule has 130 valence electrons. The van der Waals surface area contributed by atoms with Crippen molar-refractivity contribution in [3.63, 3.8) is 0 Å². The first-order valence-corrected chi connectivity index (χ1v) is 9.28. The first-order chi connectivity index (χ1) is 12.3. The molecule has 3 rings (SSSR count). The molecule has 0 saturated heterocycles. The molecule has 0 aliphatic carbocycles. The Kier molecular flexibility index (Phi) is 5.89. The van der Waals surface area contributed by atoms with Gasteiger partial charge < -0.3 is 0 Å². The van der Waals surface area contributed by atoms with E-state index in [1.165, 1.54) is 12.4 Å². The van der Waals surface area contributed by atoms with Crippen molar-refractivity contribution in [2.75, 3.05) is 0 Å². The molecule has 26 heavy (non-hydrogen) atoms. The molecule has 0 fully saturated rings. The summed E-state index contributed by atoms with van der Waals surface area (Å²) in [6, 6.07) is 8.33. The predicted molar refractivity (Wildman–Crippen MR) is 110 cm³/mol. The lowest BCUT2D eigenvalue weighted by molar-refractivity contribution is 1.31. The monoisotopic (exact) mass is 460 g/mol. The molecule has 3 aromatic rings. The summed E-state index contributed by atoms with van der Waals surface area (Å²) in [5, 5.41) is 11.8. The summed E-state index contributed by atoms with van der Waals surface area (Å²) in [5.41, 5.74) is 2.06. The summed E-state index contributed by atoms with van der Waals surface area (Å²) in [6.07, 6.45) is 3.00. The Labute approximate surface area is 179 Å². The fourth-order valence-corrected chi connectivity index (χ4v) is 4.60. The Morgan fingerprint density at radius 3 is 1.31 bits per heavy atom. The smallest absolute Gasteiger partial charge is 0.101 e. The number of halogens is 6. The van der Waals surface area contributed by atoms with Gasteiger partial charge in [-0.2, -0.15) is 5.26 Å². The van der Waals surface area contributed by atoms with Crippen molar-refractivity contribution in [2.24, 2.45) is 0 Å². The summed E-state index contributed by atoms with van der Waals surface area (Å²) >= 11 is 37.2. The number of rotatable bonds is 2. The van der Waals surface area contributed by atoms with E-state index in [-0.39, 0.29) is 5.56 Å². The molecule has 0 atom stereocenters. The van der Waals surface area contributed by atoms with Crippen LogP contribution in [-0.4, -0.2) is 4.98 Å². The van der Waals surface area contributed by atoms with E-state index in [1.807, 2.05) is 0 Å². The van der Waals surface area contributed by atoms with Gasteiger partial charge in [0.1, 0.15) is 6.07 Å². The topological polar surface area (TPSA) is 36.7 Å². The summed E-state index contributed by atoms with van der Waals surface area (Å²) in [5.74, 6) is 0. The lowest BCUT2D eigenvalue weighted by Gasteiger charge is -2.14. The van der Waals surface area contributed by atoms with Gasteiger partial charge in [-0.1, -0.05) is 69.6 Å². The van der Waals surface area contributed by atoms with Crippen molar-refractivity contribution in [2.45, 2.75) is 0 Å². The Morgan fingerprint density at radius 2 is 1.00 bits per heavy atom. The first kappa shape index (κ1) is 19.6. The maximum atomic E-state index is 9.79. The Balaban J connectivity index is 2.35. The standard InChI is InChI=1S/C18H6Cl6N2/c19-8-1-13(21)17(14(22)2-8)11-6-26-7-12(10(11)5-25)18-15(23)3-9(20)4-16(18)24/h1-4,6-7H. The molecular formula is C18H6Cl6N2. The SMILES string of the molecule is N#Cc1c(-c2c(Cl)cc(Cl)cc2Cl)cncc1-c1c(Cl)cc(Cl)cc1Cl. The van der Waals surface area contributed by atoms with Crippen LogP contribution in [0.5, 0.6) is 0 Å². The molecule has 0 N–H and O–H groups in total. The Bertz CT molecular complexity index is 950. The zero-order valence-electron chi connectivity index (χ0n) is 12.6. The van der Waals surface area contributed by atoms with Gasteiger partial charge in [-0.3, -0.25) is 4.98 Å². The number of nitriles is 1. The molecule has 0 aliphatic heterocycles. The molecular weight excluding hydrogens is 457 g/mol. The van der Waals surface area contributed by atoms with Crippen molar-refractivity contribution >= 4 is 69.6 Å². The third-order valence-electron chi connectivity index (χ3n) is 3.61. The molecule has 0 bridgehead atoms. The van der Waals surface area contributed by atoms with Crippen LogP contribution in [-0.2, 0) is 0 Å². The maximum absolute atomic E-state index is 9.79. The quantitative estimate of drug-likeness (QED) is 0.384. The van der Waals surface area contributed by atoms with Gasteiger partial charge in [-0.25, -0.2) is 0 Å². The van der Waals surface area contributed by atoms with Crippen LogP contribution in [0.25, 0.3) is 22.3 Å². The highest BCUT2D eigenvalue weighted by Crippen LogP contribution is 2.43. The molecule has 1 aromatic heterocycles. The minimum Gasteiger partial charge on any atom is -0.263 e. The van der Waals surface area contributed by atoms with Gasteiger partial charge in [0.15, 0.2) is 0 Å². The Hall–Kier alpha value is -1.18. The summed E-state index contributed by atoms with van der Waals surface area (Å²) in [6.45, 7) is 0. The van der Waals surface area contributed by atoms with E-state index in [0.29, 0.717) is 52.4 Å². The fraction of sp³-hybridized carbons (Fsp3) is 0. The zero-order valence-corrected chi connectivity index (χ0v) is 17.2. The average molecular weight is 463 g/mol. The van der Waals surface area contributed by atoms with Gasteiger partial charge in [0.25, 0.3) is 0 Å². The van der Waals surface area contributed by atoms with Crippen LogP contribution in [0.3, 0.4) is 0 Å². The van der Waals surface area contributed by atoms with Crippen LogP contribution >= 0.6 is 69.6 Å². The molecule has 8 heteroatoms. The van der Waals surface area contributed by atoms with Crippen LogP contribution in [0.15, 0.2) is 36.7 Å². The highest BCUT2D eigenvalue weighted by Gasteiger charge is 2.21. The van der Waals surface area contributed by atoms with Crippen molar-refractivity contribution in [3.8, 4) is 28.3 Å². The van der Waals surface area contributed by atoms with Crippen LogP contribution in [0, 0.1) is 11.3 Å². The number of nitrogens with zero attached hydrogens (tertiary/aromatic N) is 2. The van der Waals surface area contributed by atoms with Crippen molar-refractivity contribution in [3.05, 3.63) is 72.4 Å². The van der Waals surface area contributed by atoms with Crippen molar-refractivity contribution in [1.29, 1.82) is 5.26 Å². The van der Waals surface area contributed by atoms with Gasteiger partial charge >= 0.3 is 0 Å². The van der Waals surface area contributed by atoms with E-state index in [2.05, 4.69) is 11.1 Å². The summed E-state index contributed by atoms with van der Waals surface area (Å²) in [7, 11) is 0. The van der Waals surface area contributed by atoms with E-state index in [9.17, 15) is 5.26 Å². The van der Waals surface area contributed by atoms with Crippen LogP contribution in [0.2, 0.25) is 30.1 Å². The summed E-state index contributed by atoms with van der Waals surface area (Å²) in [4.78, 5) is 4.20. The average Bonchev–Trinajstić information content (AvgIpc) is 2.53. The van der Waals surface area contributed by atoms with Gasteiger partial charge in [-0.15, -0.1) is 0 Å². The second kappa shape index (κ2) is 7.82. The van der Waals surface area contributed by atoms with Crippen molar-refractivity contribution in [1.82, 2.24) is 4.98 Å². The van der Waals surface area contributed by atoms with Gasteiger partial charge in [0, 0.05) is 44.7 Å². The minimum absolute atomic E-state index is 0.275. The molecule has 2 aromatic carbocycles.